The highest BCUT2D eigenvalue weighted by Gasteiger charge is 2.64. The van der Waals surface area contributed by atoms with Crippen LogP contribution in [0, 0.1) is 70.4 Å². The number of Topliss-reactive ketones (excluding diaryl/α,β-unsaturated/α-hetero) is 1. The molecule has 2 spiro atoms. The quantitative estimate of drug-likeness (QED) is 0.0486. The van der Waals surface area contributed by atoms with E-state index in [1.165, 1.54) is 67.3 Å². The van der Waals surface area contributed by atoms with E-state index in [0.29, 0.717) is 61.0 Å². The van der Waals surface area contributed by atoms with Gasteiger partial charge in [-0.2, -0.15) is 13.2 Å². The summed E-state index contributed by atoms with van der Waals surface area (Å²) < 4.78 is 135. The van der Waals surface area contributed by atoms with Crippen LogP contribution in [0.3, 0.4) is 0 Å². The van der Waals surface area contributed by atoms with Crippen LogP contribution >= 0.6 is 34.0 Å². The molecule has 5 aromatic carbocycles. The number of nitrogens with zero attached hydrogens (tertiary/aromatic N) is 12. The number of amides is 4. The van der Waals surface area contributed by atoms with Gasteiger partial charge in [0.2, 0.25) is 22.6 Å². The number of carbonyl (C=O) groups excluding carboxylic acids is 6. The molecule has 2 unspecified atom stereocenters. The molecule has 8 heterocycles. The Morgan fingerprint density at radius 3 is 1.34 bits per heavy atom. The number of ether oxygens (including phenoxy) is 3. The first kappa shape index (κ1) is 88.9. The summed E-state index contributed by atoms with van der Waals surface area (Å²) in [5.41, 5.74) is 4.00. The monoisotopic (exact) mass is 1810 g/mol. The van der Waals surface area contributed by atoms with Gasteiger partial charge in [-0.3, -0.25) is 57.7 Å². The fourth-order valence-electron chi connectivity index (χ4n) is 16.6. The van der Waals surface area contributed by atoms with E-state index in [-0.39, 0.29) is 105 Å². The molecule has 8 atom stereocenters. The first-order chi connectivity index (χ1) is 60.4. The number of nitrogens with two attached hydrogens (primary N) is 1. The van der Waals surface area contributed by atoms with Crippen molar-refractivity contribution in [3.63, 3.8) is 0 Å². The van der Waals surface area contributed by atoms with E-state index in [2.05, 4.69) is 41.2 Å². The van der Waals surface area contributed by atoms with Gasteiger partial charge in [-0.05, 0) is 136 Å². The lowest BCUT2D eigenvalue weighted by atomic mass is 10.0. The second-order valence-electron chi connectivity index (χ2n) is 32.7. The van der Waals surface area contributed by atoms with E-state index in [9.17, 15) is 83.0 Å². The number of halogens is 9. The third-order valence-electron chi connectivity index (χ3n) is 23.3. The highest BCUT2D eigenvalue weighted by Crippen LogP contribution is 2.60. The van der Waals surface area contributed by atoms with E-state index in [0.717, 1.165) is 124 Å². The van der Waals surface area contributed by atoms with Crippen molar-refractivity contribution in [1.29, 1.82) is 0 Å². The number of hydrogen-bond acceptors (Lipinski definition) is 24. The summed E-state index contributed by atoms with van der Waals surface area (Å²) in [6.07, 6.45) is 7.05. The fourth-order valence-corrected chi connectivity index (χ4v) is 19.2. The van der Waals surface area contributed by atoms with E-state index in [1.54, 1.807) is 55.9 Å². The van der Waals surface area contributed by atoms with Gasteiger partial charge in [0.1, 0.15) is 85.8 Å². The van der Waals surface area contributed by atoms with Gasteiger partial charge in [0.25, 0.3) is 17.7 Å². The van der Waals surface area contributed by atoms with Crippen LogP contribution in [-0.2, 0) is 46.8 Å². The van der Waals surface area contributed by atoms with Gasteiger partial charge in [0, 0.05) is 101 Å². The number of pyridine rings is 3. The Hall–Kier alpha value is -13.0. The molecule has 19 rings (SSSR count). The van der Waals surface area contributed by atoms with Crippen molar-refractivity contribution in [2.75, 3.05) is 36.2 Å². The first-order valence-corrected chi connectivity index (χ1v) is 42.5. The lowest BCUT2D eigenvalue weighted by molar-refractivity contribution is -0.156. The molecule has 0 saturated heterocycles. The number of fused-ring (bicyclic) bond motifs is 7. The Morgan fingerprint density at radius 2 is 0.976 bits per heavy atom. The fraction of sp³-hybridized carbons (Fsp3) is 0.345. The third-order valence-corrected chi connectivity index (χ3v) is 26.1. The van der Waals surface area contributed by atoms with Gasteiger partial charge in [-0.15, -0.1) is 30.6 Å². The van der Waals surface area contributed by atoms with Crippen molar-refractivity contribution >= 4 is 69.9 Å². The Morgan fingerprint density at radius 1 is 0.567 bits per heavy atom. The van der Waals surface area contributed by atoms with Crippen molar-refractivity contribution in [2.45, 2.75) is 134 Å². The van der Waals surface area contributed by atoms with E-state index < -0.39 is 110 Å². The first-order valence-electron chi connectivity index (χ1n) is 40.1. The zero-order chi connectivity index (χ0) is 90.6. The third kappa shape index (κ3) is 18.8. The van der Waals surface area contributed by atoms with Gasteiger partial charge in [0.05, 0.1) is 16.7 Å². The molecule has 0 radical (unpaired) electrons. The summed E-state index contributed by atoms with van der Waals surface area (Å²) >= 11 is 3.20. The minimum atomic E-state index is -4.64. The maximum absolute atomic E-state index is 14.3. The standard InChI is InChI=1S/C29H25F2N5O3S.C28H27F2N5O5S.C22H19F2N5O3S.C6H8O.C2HF3O/c1-35-29(10-9-17-11-21(17)29)32-27(38)24-26(39-15-16-5-3-2-4-6-16)25(37)20(14-36(24)35)28-34-33-23(40-28)12-18-7-8-19(30)13-22(18)31;1-28(2,3)40-27(38)34(4)35-14-19(26-33-32-21(41-26)12-17-10-11-18(29)13-20(17)30)23(36)24(22(35)25(31)37)39-15-16-8-6-5-7-9-16;1-28-22(5-4-10-6-14(10)22)25-20(32)17-19(31)18(30)13(9-29(17)28)21-27-26-16(33-21)7-11-2-3-12(23)8-15(11)24;7-6-2-1-4-3-5(4)6;3-2(4,5)1-6/h2-8,13-14,17,21H,9-12,15H2,1H3,(H,32,38);5-11,13-14H,12,15H2,1-4H3,(H2,31,37);2-3,8-10,14,31H,4-7H2,1H3,(H,25,32);4-5H,1-3H2;1H/t17-,21+,29?;;10-,14+,22?;4-,5+;/m1.11./s1. The van der Waals surface area contributed by atoms with Crippen molar-refractivity contribution in [2.24, 2.45) is 41.2 Å². The number of rotatable bonds is 17. The van der Waals surface area contributed by atoms with Crippen molar-refractivity contribution in [1.82, 2.24) is 55.3 Å². The molecule has 0 bridgehead atoms. The van der Waals surface area contributed by atoms with Crippen LogP contribution in [0.2, 0.25) is 0 Å². The zero-order valence-electron chi connectivity index (χ0n) is 68.6. The molecule has 6 saturated carbocycles. The number of ketones is 1. The molecule has 6 aromatic heterocycles. The minimum Gasteiger partial charge on any atom is -0.502 e. The Kier molecular flexibility index (Phi) is 24.8. The van der Waals surface area contributed by atoms with Crippen LogP contribution in [0.25, 0.3) is 31.7 Å². The second-order valence-corrected chi connectivity index (χ2v) is 35.9. The Labute approximate surface area is 728 Å². The smallest absolute Gasteiger partial charge is 0.446 e. The molecule has 6 fully saturated rings. The molecule has 28 nitrogen and oxygen atoms in total. The maximum atomic E-state index is 14.3. The summed E-state index contributed by atoms with van der Waals surface area (Å²) in [6.45, 7) is 5.04. The second kappa shape index (κ2) is 35.4. The number of benzene rings is 5. The predicted molar refractivity (Wildman–Crippen MR) is 447 cm³/mol. The summed E-state index contributed by atoms with van der Waals surface area (Å²) in [7, 11) is 5.08. The van der Waals surface area contributed by atoms with Crippen LogP contribution in [0.15, 0.2) is 148 Å². The van der Waals surface area contributed by atoms with Gasteiger partial charge in [0.15, 0.2) is 49.4 Å². The van der Waals surface area contributed by atoms with Gasteiger partial charge >= 0.3 is 12.3 Å². The molecule has 8 aliphatic rings. The molecule has 662 valence electrons. The molecule has 127 heavy (non-hydrogen) atoms. The van der Waals surface area contributed by atoms with Crippen LogP contribution in [0.4, 0.5) is 44.3 Å². The largest absolute Gasteiger partial charge is 0.502 e. The number of carbonyl (C=O) groups is 6. The molecule has 6 aliphatic carbocycles. The summed E-state index contributed by atoms with van der Waals surface area (Å²) in [4.78, 5) is 112. The normalized spacial score (nSPS) is 20.4. The Bertz CT molecular complexity index is 6350. The summed E-state index contributed by atoms with van der Waals surface area (Å²) in [5.74, 6) is -3.35. The predicted octanol–water partition coefficient (Wildman–Crippen LogP) is 12.8. The van der Waals surface area contributed by atoms with Gasteiger partial charge in [-0.25, -0.2) is 40.8 Å². The lowest BCUT2D eigenvalue weighted by Gasteiger charge is -2.47. The lowest BCUT2D eigenvalue weighted by Crippen LogP contribution is -2.68. The number of aromatic nitrogens is 9. The Balaban J connectivity index is 0.000000137. The summed E-state index contributed by atoms with van der Waals surface area (Å²) in [5, 5.41) is 48.3. The van der Waals surface area contributed by atoms with E-state index in [1.807, 2.05) is 60.5 Å². The number of aromatic hydroxyl groups is 1. The molecule has 4 amide bonds. The average Bonchev–Trinajstić information content (AvgIpc) is 1.55. The molecular formula is C87H80F9N15O13S3. The molecule has 2 aliphatic heterocycles. The van der Waals surface area contributed by atoms with Gasteiger partial charge in [-0.1, -0.05) is 113 Å². The number of hydrogen-bond donors (Lipinski definition) is 4. The zero-order valence-corrected chi connectivity index (χ0v) is 71.0. The van der Waals surface area contributed by atoms with Crippen molar-refractivity contribution in [3.8, 4) is 49.0 Å². The van der Waals surface area contributed by atoms with Crippen LogP contribution < -0.4 is 57.2 Å². The molecule has 40 heteroatoms. The summed E-state index contributed by atoms with van der Waals surface area (Å²) in [6, 6.07) is 28.2. The maximum Gasteiger partial charge on any atom is 0.446 e. The van der Waals surface area contributed by atoms with Crippen LogP contribution in [0.1, 0.15) is 153 Å². The minimum absolute atomic E-state index is 0.00742. The van der Waals surface area contributed by atoms with Crippen molar-refractivity contribution < 1.29 is 87.6 Å². The highest BCUT2D eigenvalue weighted by atomic mass is 32.1. The topological polar surface area (TPSA) is 353 Å². The van der Waals surface area contributed by atoms with Crippen molar-refractivity contribution in [3.05, 3.63) is 259 Å². The van der Waals surface area contributed by atoms with Crippen LogP contribution in [0.5, 0.6) is 17.2 Å². The van der Waals surface area contributed by atoms with E-state index in [4.69, 9.17) is 24.7 Å². The number of primary amides is 1. The van der Waals surface area contributed by atoms with Gasteiger partial charge < -0.3 is 35.7 Å². The SMILES string of the molecule is CN(C(=O)OC(C)(C)C)n1cc(-c2nnc(Cc3ccc(F)cc3F)s2)c(=O)c(OCc2ccccc2)c1C(N)=O.CN1n2cc(-c3nnc(Cc4ccc(F)cc4F)s3)c(=O)c(O)c2C(=O)NC12CC[C@@H]1C[C@@H]12.CN1n2cc(-c3nnc(Cc4ccc(F)cc4F)s3)c(=O)c(OCc3ccccc3)c2C(=O)NC12CC[C@@H]1C[C@@H]12.O=C1CC[C@@H]2C[C@H]12.O=CC(F)(F)F. The number of aldehydes is 1. The van der Waals surface area contributed by atoms with Crippen LogP contribution in [-0.4, -0.2) is 130 Å². The number of alkyl halides is 3. The molecule has 11 aromatic rings. The molecular weight excluding hydrogens is 1730 g/mol. The molecule has 5 N–H and O–H groups in total. The van der Waals surface area contributed by atoms with E-state index >= 15 is 0 Å². The number of nitrogens with one attached hydrogen (secondary N) is 2. The average molecular weight is 1810 g/mol. The highest BCUT2D eigenvalue weighted by molar-refractivity contribution is 7.15.